The molecule has 0 radical (unpaired) electrons. The van der Waals surface area contributed by atoms with Crippen molar-refractivity contribution < 1.29 is 18.7 Å². The van der Waals surface area contributed by atoms with Gasteiger partial charge in [-0.2, -0.15) is 15.0 Å². The molecular formula is C23H23FN6O3. The van der Waals surface area contributed by atoms with Crippen LogP contribution in [0.4, 0.5) is 27.7 Å². The van der Waals surface area contributed by atoms with Gasteiger partial charge in [-0.25, -0.2) is 4.39 Å². The first kappa shape index (κ1) is 22.1. The number of anilines is 4. The molecule has 10 heteroatoms. The van der Waals surface area contributed by atoms with Crippen LogP contribution in [-0.4, -0.2) is 33.4 Å². The Bertz CT molecular complexity index is 1200. The topological polar surface area (TPSA) is 123 Å². The number of nitrogens with zero attached hydrogens (tertiary/aromatic N) is 4. The molecule has 1 aliphatic rings. The molecule has 4 rings (SSSR count). The van der Waals surface area contributed by atoms with Crippen molar-refractivity contribution in [1.29, 1.82) is 0 Å². The van der Waals surface area contributed by atoms with E-state index in [1.165, 1.54) is 24.3 Å². The highest BCUT2D eigenvalue weighted by atomic mass is 19.1. The number of hydrogen-bond donors (Lipinski definition) is 2. The molecule has 33 heavy (non-hydrogen) atoms. The summed E-state index contributed by atoms with van der Waals surface area (Å²) in [4.78, 5) is 39.0. The van der Waals surface area contributed by atoms with Crippen LogP contribution in [0.2, 0.25) is 0 Å². The summed E-state index contributed by atoms with van der Waals surface area (Å²) < 4.78 is 18.4. The highest BCUT2D eigenvalue weighted by Gasteiger charge is 2.36. The number of nitrogen functional groups attached to an aromatic ring is 1. The summed E-state index contributed by atoms with van der Waals surface area (Å²) in [6, 6.07) is 11.4. The minimum atomic E-state index is -0.589. The van der Waals surface area contributed by atoms with Crippen LogP contribution < -0.4 is 16.0 Å². The summed E-state index contributed by atoms with van der Waals surface area (Å²) >= 11 is 0. The van der Waals surface area contributed by atoms with Crippen molar-refractivity contribution in [1.82, 2.24) is 15.0 Å². The quantitative estimate of drug-likeness (QED) is 0.549. The Balaban J connectivity index is 1.39. The fraction of sp³-hybridized carbons (Fsp3) is 0.261. The summed E-state index contributed by atoms with van der Waals surface area (Å²) in [6.07, 6.45) is 0.0724. The largest absolute Gasteiger partial charge is 0.457 e. The van der Waals surface area contributed by atoms with E-state index in [0.717, 1.165) is 16.8 Å². The normalized spacial score (nSPS) is 15.5. The van der Waals surface area contributed by atoms with Gasteiger partial charge >= 0.3 is 5.97 Å². The predicted molar refractivity (Wildman–Crippen MR) is 120 cm³/mol. The van der Waals surface area contributed by atoms with E-state index in [0.29, 0.717) is 5.69 Å². The molecule has 3 aromatic rings. The van der Waals surface area contributed by atoms with Crippen LogP contribution in [0, 0.1) is 25.6 Å². The number of esters is 1. The fourth-order valence-electron chi connectivity index (χ4n) is 3.60. The number of nitrogens with two attached hydrogens (primary N) is 1. The van der Waals surface area contributed by atoms with Gasteiger partial charge in [-0.3, -0.25) is 9.59 Å². The lowest BCUT2D eigenvalue weighted by molar-refractivity contribution is -0.149. The van der Waals surface area contributed by atoms with Gasteiger partial charge in [-0.1, -0.05) is 12.1 Å². The van der Waals surface area contributed by atoms with Gasteiger partial charge in [0.05, 0.1) is 5.92 Å². The number of nitrogens with one attached hydrogen (secondary N) is 1. The van der Waals surface area contributed by atoms with Crippen LogP contribution >= 0.6 is 0 Å². The number of benzene rings is 2. The Morgan fingerprint density at radius 3 is 2.70 bits per heavy atom. The van der Waals surface area contributed by atoms with E-state index in [1.54, 1.807) is 4.90 Å². The molecule has 3 N–H and O–H groups in total. The lowest BCUT2D eigenvalue weighted by atomic mass is 10.1. The van der Waals surface area contributed by atoms with Crippen molar-refractivity contribution in [3.63, 3.8) is 0 Å². The van der Waals surface area contributed by atoms with E-state index < -0.39 is 11.9 Å². The molecule has 0 aliphatic carbocycles. The maximum Gasteiger partial charge on any atom is 0.311 e. The molecule has 1 aromatic heterocycles. The second kappa shape index (κ2) is 9.19. The first-order valence-corrected chi connectivity index (χ1v) is 10.4. The molecule has 0 bridgehead atoms. The van der Waals surface area contributed by atoms with E-state index in [1.807, 2.05) is 32.0 Å². The van der Waals surface area contributed by atoms with Crippen molar-refractivity contribution in [3.8, 4) is 0 Å². The molecule has 0 spiro atoms. The van der Waals surface area contributed by atoms with Gasteiger partial charge in [0.1, 0.15) is 5.82 Å². The van der Waals surface area contributed by atoms with Crippen molar-refractivity contribution in [2.75, 3.05) is 22.5 Å². The average molecular weight is 450 g/mol. The highest BCUT2D eigenvalue weighted by molar-refractivity contribution is 6.00. The number of aryl methyl sites for hydroxylation is 1. The van der Waals surface area contributed by atoms with Crippen molar-refractivity contribution >= 4 is 35.1 Å². The second-order valence-corrected chi connectivity index (χ2v) is 7.80. The zero-order chi connectivity index (χ0) is 23.5. The summed E-state index contributed by atoms with van der Waals surface area (Å²) in [7, 11) is 0. The molecule has 1 amide bonds. The van der Waals surface area contributed by atoms with Crippen LogP contribution in [0.25, 0.3) is 0 Å². The zero-order valence-corrected chi connectivity index (χ0v) is 18.2. The van der Waals surface area contributed by atoms with Gasteiger partial charge in [-0.05, 0) is 55.3 Å². The van der Waals surface area contributed by atoms with E-state index in [-0.39, 0.29) is 49.0 Å². The standard InChI is InChI=1S/C23H23FN6O3/c1-13-4-3-5-18(14(13)2)30-11-15(10-20(30)31)21(32)33-12-19-27-22(25)29-23(28-19)26-17-8-6-16(24)7-9-17/h3-9,15H,10-12H2,1-2H3,(H3,25,26,27,28,29). The van der Waals surface area contributed by atoms with Gasteiger partial charge in [0, 0.05) is 24.3 Å². The third-order valence-corrected chi connectivity index (χ3v) is 5.47. The first-order valence-electron chi connectivity index (χ1n) is 10.4. The fourth-order valence-corrected chi connectivity index (χ4v) is 3.60. The number of carbonyl (C=O) groups is 2. The third kappa shape index (κ3) is 5.05. The Hall–Kier alpha value is -4.08. The number of ether oxygens (including phenoxy) is 1. The van der Waals surface area contributed by atoms with E-state index >= 15 is 0 Å². The van der Waals surface area contributed by atoms with Gasteiger partial charge in [0.15, 0.2) is 12.4 Å². The molecule has 1 unspecified atom stereocenters. The molecular weight excluding hydrogens is 427 g/mol. The van der Waals surface area contributed by atoms with Gasteiger partial charge in [0.25, 0.3) is 0 Å². The Morgan fingerprint density at radius 2 is 1.94 bits per heavy atom. The number of hydrogen-bond acceptors (Lipinski definition) is 8. The highest BCUT2D eigenvalue weighted by Crippen LogP contribution is 2.30. The number of amides is 1. The zero-order valence-electron chi connectivity index (χ0n) is 18.2. The van der Waals surface area contributed by atoms with Crippen LogP contribution in [0.3, 0.4) is 0 Å². The van der Waals surface area contributed by atoms with E-state index in [2.05, 4.69) is 20.3 Å². The summed E-state index contributed by atoms with van der Waals surface area (Å²) in [5, 5.41) is 2.89. The smallest absolute Gasteiger partial charge is 0.311 e. The third-order valence-electron chi connectivity index (χ3n) is 5.47. The minimum absolute atomic E-state index is 0.0576. The van der Waals surface area contributed by atoms with Crippen molar-refractivity contribution in [2.24, 2.45) is 5.92 Å². The van der Waals surface area contributed by atoms with Crippen LogP contribution in [-0.2, 0) is 20.9 Å². The first-order chi connectivity index (χ1) is 15.8. The van der Waals surface area contributed by atoms with Crippen molar-refractivity contribution in [2.45, 2.75) is 26.9 Å². The molecule has 1 saturated heterocycles. The van der Waals surface area contributed by atoms with Gasteiger partial charge < -0.3 is 20.7 Å². The van der Waals surface area contributed by atoms with E-state index in [4.69, 9.17) is 10.5 Å². The molecule has 170 valence electrons. The summed E-state index contributed by atoms with van der Waals surface area (Å²) in [5.41, 5.74) is 9.17. The lowest BCUT2D eigenvalue weighted by Crippen LogP contribution is -2.27. The Morgan fingerprint density at radius 1 is 1.18 bits per heavy atom. The molecule has 1 aliphatic heterocycles. The van der Waals surface area contributed by atoms with Gasteiger partial charge in [0.2, 0.25) is 17.8 Å². The maximum atomic E-state index is 13.1. The SMILES string of the molecule is Cc1cccc(N2CC(C(=O)OCc3nc(N)nc(Nc4ccc(F)cc4)n3)CC2=O)c1C. The molecule has 2 aromatic carbocycles. The van der Waals surface area contributed by atoms with Crippen LogP contribution in [0.5, 0.6) is 0 Å². The Labute approximate surface area is 189 Å². The summed E-state index contributed by atoms with van der Waals surface area (Å²) in [5.74, 6) is -1.37. The lowest BCUT2D eigenvalue weighted by Gasteiger charge is -2.20. The number of carbonyl (C=O) groups excluding carboxylic acids is 2. The summed E-state index contributed by atoms with van der Waals surface area (Å²) in [6.45, 7) is 3.95. The molecule has 0 saturated carbocycles. The van der Waals surface area contributed by atoms with E-state index in [9.17, 15) is 14.0 Å². The predicted octanol–water partition coefficient (Wildman–Crippen LogP) is 3.05. The average Bonchev–Trinajstić information content (AvgIpc) is 3.17. The van der Waals surface area contributed by atoms with Crippen molar-refractivity contribution in [3.05, 3.63) is 65.2 Å². The second-order valence-electron chi connectivity index (χ2n) is 7.80. The van der Waals surface area contributed by atoms with Crippen LogP contribution in [0.1, 0.15) is 23.4 Å². The number of rotatable bonds is 6. The Kier molecular flexibility index (Phi) is 6.16. The van der Waals surface area contributed by atoms with Gasteiger partial charge in [-0.15, -0.1) is 0 Å². The molecule has 9 nitrogen and oxygen atoms in total. The number of aromatic nitrogens is 3. The minimum Gasteiger partial charge on any atom is -0.457 e. The molecule has 2 heterocycles. The molecule has 1 atom stereocenters. The maximum absolute atomic E-state index is 13.1. The molecule has 1 fully saturated rings. The monoisotopic (exact) mass is 450 g/mol. The number of halogens is 1. The van der Waals surface area contributed by atoms with Crippen LogP contribution in [0.15, 0.2) is 42.5 Å².